The quantitative estimate of drug-likeness (QED) is 0.822. The fourth-order valence-corrected chi connectivity index (χ4v) is 1.55. The molecule has 1 aromatic heterocycles. The number of benzene rings is 1. The molecule has 1 N–H and O–H groups in total. The minimum Gasteiger partial charge on any atom is -0.408 e. The Morgan fingerprint density at radius 2 is 2.27 bits per heavy atom. The molecule has 80 valence electrons. The summed E-state index contributed by atoms with van der Waals surface area (Å²) in [5.74, 6) is -0.314. The molecule has 4 heteroatoms. The van der Waals surface area contributed by atoms with Crippen molar-refractivity contribution in [1.29, 1.82) is 0 Å². The van der Waals surface area contributed by atoms with E-state index < -0.39 is 0 Å². The first-order valence-corrected chi connectivity index (χ1v) is 5.01. The number of fused-ring (bicyclic) bond motifs is 1. The lowest BCUT2D eigenvalue weighted by atomic mass is 10.2. The molecule has 0 atom stereocenters. The molecule has 1 heterocycles. The van der Waals surface area contributed by atoms with Gasteiger partial charge in [0.2, 0.25) is 0 Å². The van der Waals surface area contributed by atoms with Gasteiger partial charge in [-0.05, 0) is 24.2 Å². The monoisotopic (exact) mass is 206 g/mol. The van der Waals surface area contributed by atoms with Crippen LogP contribution in [-0.4, -0.2) is 11.1 Å². The smallest absolute Gasteiger partial charge is 0.408 e. The van der Waals surface area contributed by atoms with E-state index in [0.717, 1.165) is 24.2 Å². The fourth-order valence-electron chi connectivity index (χ4n) is 1.55. The zero-order valence-electron chi connectivity index (χ0n) is 8.91. The Labute approximate surface area is 87.5 Å². The van der Waals surface area contributed by atoms with E-state index in [1.807, 2.05) is 18.2 Å². The molecule has 2 rings (SSSR count). The predicted octanol–water partition coefficient (Wildman–Crippen LogP) is 1.24. The van der Waals surface area contributed by atoms with Gasteiger partial charge in [-0.15, -0.1) is 0 Å². The molecule has 0 saturated carbocycles. The van der Waals surface area contributed by atoms with Gasteiger partial charge in [0.25, 0.3) is 0 Å². The van der Waals surface area contributed by atoms with Crippen LogP contribution in [0, 0.1) is 0 Å². The molecule has 0 radical (unpaired) electrons. The van der Waals surface area contributed by atoms with Gasteiger partial charge in [-0.3, -0.25) is 4.57 Å². The van der Waals surface area contributed by atoms with Crippen molar-refractivity contribution in [2.45, 2.75) is 13.5 Å². The topological polar surface area (TPSA) is 47.2 Å². The van der Waals surface area contributed by atoms with E-state index in [1.165, 1.54) is 4.57 Å². The van der Waals surface area contributed by atoms with Crippen LogP contribution in [0.1, 0.15) is 12.5 Å². The van der Waals surface area contributed by atoms with Crippen molar-refractivity contribution in [2.24, 2.45) is 7.05 Å². The van der Waals surface area contributed by atoms with Gasteiger partial charge in [0.1, 0.15) is 0 Å². The van der Waals surface area contributed by atoms with Crippen LogP contribution in [0.25, 0.3) is 11.1 Å². The molecule has 0 aliphatic rings. The number of aryl methyl sites for hydroxylation is 1. The number of aromatic nitrogens is 1. The second-order valence-electron chi connectivity index (χ2n) is 3.51. The molecule has 0 saturated heterocycles. The van der Waals surface area contributed by atoms with Crippen LogP contribution >= 0.6 is 0 Å². The number of nitrogens with zero attached hydrogens (tertiary/aromatic N) is 1. The number of nitrogens with one attached hydrogen (secondary N) is 1. The number of hydrogen-bond donors (Lipinski definition) is 1. The SMILES string of the molecule is CCNCc1ccc2oc(=O)n(C)c2c1. The molecule has 0 fully saturated rings. The summed E-state index contributed by atoms with van der Waals surface area (Å²) in [7, 11) is 1.71. The van der Waals surface area contributed by atoms with Crippen molar-refractivity contribution < 1.29 is 4.42 Å². The van der Waals surface area contributed by atoms with Gasteiger partial charge in [0.05, 0.1) is 5.52 Å². The maximum absolute atomic E-state index is 11.2. The minimum atomic E-state index is -0.314. The van der Waals surface area contributed by atoms with E-state index in [2.05, 4.69) is 12.2 Å². The van der Waals surface area contributed by atoms with Crippen LogP contribution in [-0.2, 0) is 13.6 Å². The van der Waals surface area contributed by atoms with Crippen molar-refractivity contribution in [3.8, 4) is 0 Å². The first kappa shape index (κ1) is 9.98. The van der Waals surface area contributed by atoms with E-state index in [-0.39, 0.29) is 5.76 Å². The molecule has 4 nitrogen and oxygen atoms in total. The van der Waals surface area contributed by atoms with E-state index in [9.17, 15) is 4.79 Å². The van der Waals surface area contributed by atoms with Gasteiger partial charge in [-0.25, -0.2) is 4.79 Å². The van der Waals surface area contributed by atoms with Crippen molar-refractivity contribution in [1.82, 2.24) is 9.88 Å². The second kappa shape index (κ2) is 3.90. The Balaban J connectivity index is 2.45. The maximum atomic E-state index is 11.2. The predicted molar refractivity (Wildman–Crippen MR) is 58.8 cm³/mol. The van der Waals surface area contributed by atoms with E-state index in [0.29, 0.717) is 5.58 Å². The Morgan fingerprint density at radius 1 is 1.47 bits per heavy atom. The third-order valence-electron chi connectivity index (χ3n) is 2.43. The Hall–Kier alpha value is -1.55. The third-order valence-corrected chi connectivity index (χ3v) is 2.43. The highest BCUT2D eigenvalue weighted by Gasteiger charge is 2.05. The summed E-state index contributed by atoms with van der Waals surface area (Å²) in [6.07, 6.45) is 0. The highest BCUT2D eigenvalue weighted by molar-refractivity contribution is 5.73. The number of rotatable bonds is 3. The lowest BCUT2D eigenvalue weighted by Gasteiger charge is -2.01. The van der Waals surface area contributed by atoms with Crippen LogP contribution in [0.4, 0.5) is 0 Å². The summed E-state index contributed by atoms with van der Waals surface area (Å²) in [6, 6.07) is 5.78. The fraction of sp³-hybridized carbons (Fsp3) is 0.364. The molecule has 0 aliphatic heterocycles. The lowest BCUT2D eigenvalue weighted by molar-refractivity contribution is 0.528. The largest absolute Gasteiger partial charge is 0.419 e. The van der Waals surface area contributed by atoms with E-state index in [1.54, 1.807) is 7.05 Å². The van der Waals surface area contributed by atoms with Crippen molar-refractivity contribution in [3.63, 3.8) is 0 Å². The average Bonchev–Trinajstić information content (AvgIpc) is 2.52. The zero-order valence-corrected chi connectivity index (χ0v) is 8.91. The molecule has 2 aromatic rings. The summed E-state index contributed by atoms with van der Waals surface area (Å²) in [6.45, 7) is 3.81. The number of hydrogen-bond acceptors (Lipinski definition) is 3. The maximum Gasteiger partial charge on any atom is 0.419 e. The van der Waals surface area contributed by atoms with E-state index in [4.69, 9.17) is 4.42 Å². The molecule has 0 aliphatic carbocycles. The standard InChI is InChI=1S/C11H14N2O2/c1-3-12-7-8-4-5-10-9(6-8)13(2)11(14)15-10/h4-6,12H,3,7H2,1-2H3. The van der Waals surface area contributed by atoms with Gasteiger partial charge >= 0.3 is 5.76 Å². The normalized spacial score (nSPS) is 11.1. The van der Waals surface area contributed by atoms with Gasteiger partial charge < -0.3 is 9.73 Å². The van der Waals surface area contributed by atoms with Gasteiger partial charge in [0, 0.05) is 13.6 Å². The molecule has 1 aromatic carbocycles. The highest BCUT2D eigenvalue weighted by atomic mass is 16.4. The molecule has 15 heavy (non-hydrogen) atoms. The molecule has 0 bridgehead atoms. The number of oxazole rings is 1. The second-order valence-corrected chi connectivity index (χ2v) is 3.51. The van der Waals surface area contributed by atoms with Crippen LogP contribution in [0.3, 0.4) is 0 Å². The Bertz CT molecular complexity index is 525. The van der Waals surface area contributed by atoms with Gasteiger partial charge in [0.15, 0.2) is 5.58 Å². The summed E-state index contributed by atoms with van der Waals surface area (Å²) in [4.78, 5) is 11.2. The molecular weight excluding hydrogens is 192 g/mol. The molecule has 0 amide bonds. The van der Waals surface area contributed by atoms with Crippen LogP contribution in [0.15, 0.2) is 27.4 Å². The van der Waals surface area contributed by atoms with Crippen LogP contribution in [0.5, 0.6) is 0 Å². The first-order chi connectivity index (χ1) is 7.22. The van der Waals surface area contributed by atoms with Crippen LogP contribution < -0.4 is 11.1 Å². The van der Waals surface area contributed by atoms with Crippen molar-refractivity contribution in [2.75, 3.05) is 6.54 Å². The minimum absolute atomic E-state index is 0.314. The third kappa shape index (κ3) is 1.80. The van der Waals surface area contributed by atoms with E-state index >= 15 is 0 Å². The average molecular weight is 206 g/mol. The molecule has 0 spiro atoms. The zero-order chi connectivity index (χ0) is 10.8. The van der Waals surface area contributed by atoms with Gasteiger partial charge in [-0.2, -0.15) is 0 Å². The summed E-state index contributed by atoms with van der Waals surface area (Å²) < 4.78 is 6.56. The van der Waals surface area contributed by atoms with Gasteiger partial charge in [-0.1, -0.05) is 13.0 Å². The van der Waals surface area contributed by atoms with Crippen LogP contribution in [0.2, 0.25) is 0 Å². The Kier molecular flexibility index (Phi) is 2.60. The van der Waals surface area contributed by atoms with Crippen molar-refractivity contribution >= 4 is 11.1 Å². The first-order valence-electron chi connectivity index (χ1n) is 5.01. The summed E-state index contributed by atoms with van der Waals surface area (Å²) >= 11 is 0. The van der Waals surface area contributed by atoms with Crippen molar-refractivity contribution in [3.05, 3.63) is 34.3 Å². The lowest BCUT2D eigenvalue weighted by Crippen LogP contribution is -2.12. The summed E-state index contributed by atoms with van der Waals surface area (Å²) in [5.41, 5.74) is 2.64. The molecule has 0 unspecified atom stereocenters. The summed E-state index contributed by atoms with van der Waals surface area (Å²) in [5, 5.41) is 3.24. The molecular formula is C11H14N2O2. The highest BCUT2D eigenvalue weighted by Crippen LogP contribution is 2.13. The Morgan fingerprint density at radius 3 is 3.00 bits per heavy atom.